The van der Waals surface area contributed by atoms with Crippen LogP contribution in [0.1, 0.15) is 47.3 Å². The van der Waals surface area contributed by atoms with Crippen molar-refractivity contribution in [1.82, 2.24) is 19.2 Å². The first kappa shape index (κ1) is 20.1. The van der Waals surface area contributed by atoms with Gasteiger partial charge in [-0.25, -0.2) is 4.98 Å². The Bertz CT molecular complexity index is 942. The monoisotopic (exact) mass is 406 g/mol. The van der Waals surface area contributed by atoms with E-state index in [0.29, 0.717) is 6.04 Å². The number of fused-ring (bicyclic) bond motifs is 3. The van der Waals surface area contributed by atoms with Crippen LogP contribution in [0.25, 0.3) is 16.0 Å². The van der Waals surface area contributed by atoms with Gasteiger partial charge in [0.05, 0.1) is 11.0 Å². The fourth-order valence-corrected chi connectivity index (χ4v) is 4.91. The summed E-state index contributed by atoms with van der Waals surface area (Å²) in [4.78, 5) is 23.4. The number of carbonyl (C=O) groups is 1. The van der Waals surface area contributed by atoms with Crippen molar-refractivity contribution in [2.24, 2.45) is 0 Å². The van der Waals surface area contributed by atoms with E-state index in [1.165, 1.54) is 36.2 Å². The Balaban J connectivity index is 0.00000210. The predicted molar refractivity (Wildman–Crippen MR) is 114 cm³/mol. The number of benzene rings is 1. The number of imidazole rings is 1. The fraction of sp³-hybridized carbons (Fsp3) is 0.500. The number of aromatic nitrogens is 2. The van der Waals surface area contributed by atoms with E-state index in [9.17, 15) is 4.79 Å². The molecule has 4 rings (SSSR count). The topological polar surface area (TPSA) is 40.9 Å². The van der Waals surface area contributed by atoms with Gasteiger partial charge in [0.25, 0.3) is 5.91 Å². The molecule has 2 aromatic heterocycles. The summed E-state index contributed by atoms with van der Waals surface area (Å²) in [6.45, 7) is 0.892. The predicted octanol–water partition coefficient (Wildman–Crippen LogP) is 4.44. The molecule has 1 saturated carbocycles. The van der Waals surface area contributed by atoms with E-state index < -0.39 is 0 Å². The lowest BCUT2D eigenvalue weighted by atomic mass is 9.94. The highest BCUT2D eigenvalue weighted by atomic mass is 35.5. The van der Waals surface area contributed by atoms with Crippen LogP contribution < -0.4 is 0 Å². The number of amides is 1. The lowest BCUT2D eigenvalue weighted by Crippen LogP contribution is -2.37. The van der Waals surface area contributed by atoms with Gasteiger partial charge in [0.2, 0.25) is 0 Å². The average Bonchev–Trinajstić information content (AvgIpc) is 3.19. The zero-order valence-electron chi connectivity index (χ0n) is 16.1. The molecule has 0 bridgehead atoms. The Kier molecular flexibility index (Phi) is 6.08. The van der Waals surface area contributed by atoms with Crippen LogP contribution in [-0.2, 0) is 6.54 Å². The van der Waals surface area contributed by atoms with Crippen molar-refractivity contribution in [1.29, 1.82) is 0 Å². The first-order chi connectivity index (χ1) is 12.5. The average molecular weight is 407 g/mol. The van der Waals surface area contributed by atoms with Crippen molar-refractivity contribution in [3.8, 4) is 0 Å². The third-order valence-corrected chi connectivity index (χ3v) is 6.29. The number of nitrogens with zero attached hydrogens (tertiary/aromatic N) is 4. The van der Waals surface area contributed by atoms with Gasteiger partial charge in [-0.1, -0.05) is 36.7 Å². The quantitative estimate of drug-likeness (QED) is 0.643. The van der Waals surface area contributed by atoms with Crippen LogP contribution in [0.2, 0.25) is 0 Å². The number of thiazole rings is 1. The molecule has 0 aliphatic heterocycles. The molecule has 0 N–H and O–H groups in total. The van der Waals surface area contributed by atoms with E-state index in [2.05, 4.69) is 41.6 Å². The first-order valence-electron chi connectivity index (χ1n) is 9.35. The standard InChI is InChI=1S/C20H26N4OS.ClH/c1-22(2)12-14-9-10-16-17(11-14)24-13-18(26-20(24)21-16)19(25)23(3)15-7-5-4-6-8-15;/h9-11,13,15H,4-8,12H2,1-3H3;1H. The number of rotatable bonds is 4. The molecule has 1 aromatic carbocycles. The molecule has 1 aliphatic rings. The molecule has 0 atom stereocenters. The van der Waals surface area contributed by atoms with Crippen molar-refractivity contribution in [2.75, 3.05) is 21.1 Å². The van der Waals surface area contributed by atoms with Gasteiger partial charge in [0.15, 0.2) is 4.96 Å². The minimum absolute atomic E-state index is 0. The maximum Gasteiger partial charge on any atom is 0.265 e. The third-order valence-electron chi connectivity index (χ3n) is 5.32. The summed E-state index contributed by atoms with van der Waals surface area (Å²) in [5, 5.41) is 0. The smallest absolute Gasteiger partial charge is 0.265 e. The lowest BCUT2D eigenvalue weighted by Gasteiger charge is -2.30. The fourth-order valence-electron chi connectivity index (χ4n) is 3.93. The zero-order valence-corrected chi connectivity index (χ0v) is 17.8. The molecule has 0 spiro atoms. The van der Waals surface area contributed by atoms with Gasteiger partial charge >= 0.3 is 0 Å². The molecule has 2 heterocycles. The molecule has 1 aliphatic carbocycles. The molecule has 1 amide bonds. The summed E-state index contributed by atoms with van der Waals surface area (Å²) < 4.78 is 2.07. The third kappa shape index (κ3) is 3.98. The number of hydrogen-bond donors (Lipinski definition) is 0. The van der Waals surface area contributed by atoms with E-state index in [1.807, 2.05) is 18.1 Å². The second-order valence-electron chi connectivity index (χ2n) is 7.63. The number of carbonyl (C=O) groups excluding carboxylic acids is 1. The Labute approximate surface area is 170 Å². The van der Waals surface area contributed by atoms with Crippen LogP contribution in [0.4, 0.5) is 0 Å². The molecule has 0 saturated heterocycles. The van der Waals surface area contributed by atoms with Crippen LogP contribution in [0.3, 0.4) is 0 Å². The minimum atomic E-state index is 0. The van der Waals surface area contributed by atoms with Gasteiger partial charge < -0.3 is 9.80 Å². The minimum Gasteiger partial charge on any atom is -0.338 e. The largest absolute Gasteiger partial charge is 0.338 e. The van der Waals surface area contributed by atoms with Crippen LogP contribution >= 0.6 is 23.7 Å². The normalized spacial score (nSPS) is 15.4. The van der Waals surface area contributed by atoms with Crippen LogP contribution in [0.15, 0.2) is 24.4 Å². The van der Waals surface area contributed by atoms with Gasteiger partial charge in [0, 0.05) is 25.8 Å². The van der Waals surface area contributed by atoms with Crippen molar-refractivity contribution in [3.63, 3.8) is 0 Å². The Morgan fingerprint density at radius 1 is 1.22 bits per heavy atom. The van der Waals surface area contributed by atoms with Gasteiger partial charge in [-0.2, -0.15) is 0 Å². The highest BCUT2D eigenvalue weighted by Gasteiger charge is 2.25. The molecule has 0 unspecified atom stereocenters. The van der Waals surface area contributed by atoms with Gasteiger partial charge in [0.1, 0.15) is 4.88 Å². The van der Waals surface area contributed by atoms with Crippen LogP contribution in [0.5, 0.6) is 0 Å². The molecule has 1 fully saturated rings. The summed E-state index contributed by atoms with van der Waals surface area (Å²) in [7, 11) is 6.09. The van der Waals surface area contributed by atoms with Crippen molar-refractivity contribution >= 4 is 45.6 Å². The van der Waals surface area contributed by atoms with Gasteiger partial charge in [-0.3, -0.25) is 9.20 Å². The zero-order chi connectivity index (χ0) is 18.3. The Morgan fingerprint density at radius 3 is 2.67 bits per heavy atom. The summed E-state index contributed by atoms with van der Waals surface area (Å²) in [6, 6.07) is 6.77. The lowest BCUT2D eigenvalue weighted by molar-refractivity contribution is 0.0701. The van der Waals surface area contributed by atoms with E-state index in [1.54, 1.807) is 0 Å². The summed E-state index contributed by atoms with van der Waals surface area (Å²) >= 11 is 1.49. The number of hydrogen-bond acceptors (Lipinski definition) is 4. The molecule has 27 heavy (non-hydrogen) atoms. The van der Waals surface area contributed by atoms with Crippen molar-refractivity contribution in [2.45, 2.75) is 44.7 Å². The molecular weight excluding hydrogens is 380 g/mol. The van der Waals surface area contributed by atoms with E-state index in [0.717, 1.165) is 40.3 Å². The van der Waals surface area contributed by atoms with E-state index in [4.69, 9.17) is 4.98 Å². The maximum absolute atomic E-state index is 12.9. The van der Waals surface area contributed by atoms with Crippen molar-refractivity contribution < 1.29 is 4.79 Å². The van der Waals surface area contributed by atoms with E-state index in [-0.39, 0.29) is 18.3 Å². The molecule has 146 valence electrons. The van der Waals surface area contributed by atoms with Crippen LogP contribution in [-0.4, -0.2) is 52.3 Å². The Hall–Kier alpha value is -1.63. The number of halogens is 1. The van der Waals surface area contributed by atoms with Gasteiger partial charge in [-0.05, 0) is 44.6 Å². The second-order valence-corrected chi connectivity index (χ2v) is 8.64. The maximum atomic E-state index is 12.9. The molecule has 5 nitrogen and oxygen atoms in total. The van der Waals surface area contributed by atoms with Crippen molar-refractivity contribution in [3.05, 3.63) is 34.8 Å². The first-order valence-corrected chi connectivity index (χ1v) is 10.2. The molecule has 3 aromatic rings. The van der Waals surface area contributed by atoms with Crippen LogP contribution in [0, 0.1) is 0 Å². The summed E-state index contributed by atoms with van der Waals surface area (Å²) in [5.74, 6) is 0.130. The molecule has 7 heteroatoms. The highest BCUT2D eigenvalue weighted by Crippen LogP contribution is 2.28. The second kappa shape index (κ2) is 8.17. The summed E-state index contributed by atoms with van der Waals surface area (Å²) in [6.07, 6.45) is 7.98. The molecular formula is C20H27ClN4OS. The molecule has 0 radical (unpaired) electrons. The summed E-state index contributed by atoms with van der Waals surface area (Å²) in [5.41, 5.74) is 3.32. The SMILES string of the molecule is CN(C)Cc1ccc2nc3sc(C(=O)N(C)C4CCCCC4)cn3c2c1.Cl. The van der Waals surface area contributed by atoms with E-state index >= 15 is 0 Å². The van der Waals surface area contributed by atoms with Gasteiger partial charge in [-0.15, -0.1) is 12.4 Å². The Morgan fingerprint density at radius 2 is 1.96 bits per heavy atom. The highest BCUT2D eigenvalue weighted by molar-refractivity contribution is 7.18.